The SMILES string of the molecule is CC(CCNc1cn[nH]c1)c1ccccc1. The minimum atomic E-state index is 0.584. The fraction of sp³-hybridized carbons (Fsp3) is 0.308. The van der Waals surface area contributed by atoms with Crippen LogP contribution >= 0.6 is 0 Å². The number of aromatic nitrogens is 2. The average molecular weight is 215 g/mol. The summed E-state index contributed by atoms with van der Waals surface area (Å²) in [5.41, 5.74) is 2.46. The Balaban J connectivity index is 1.78. The van der Waals surface area contributed by atoms with Crippen molar-refractivity contribution in [2.45, 2.75) is 19.3 Å². The highest BCUT2D eigenvalue weighted by Crippen LogP contribution is 2.18. The predicted octanol–water partition coefficient (Wildman–Crippen LogP) is 3.02. The van der Waals surface area contributed by atoms with Crippen LogP contribution in [-0.4, -0.2) is 16.7 Å². The molecule has 0 aliphatic carbocycles. The summed E-state index contributed by atoms with van der Waals surface area (Å²) in [7, 11) is 0. The van der Waals surface area contributed by atoms with Crippen LogP contribution in [0.4, 0.5) is 5.69 Å². The van der Waals surface area contributed by atoms with Gasteiger partial charge in [-0.3, -0.25) is 5.10 Å². The van der Waals surface area contributed by atoms with Gasteiger partial charge < -0.3 is 5.32 Å². The maximum Gasteiger partial charge on any atom is 0.0723 e. The molecule has 1 atom stereocenters. The standard InChI is InChI=1S/C13H17N3/c1-11(12-5-3-2-4-6-12)7-8-14-13-9-15-16-10-13/h2-6,9-11,14H,7-8H2,1H3,(H,15,16). The largest absolute Gasteiger partial charge is 0.382 e. The van der Waals surface area contributed by atoms with Gasteiger partial charge in [0.05, 0.1) is 11.9 Å². The normalized spacial score (nSPS) is 12.3. The number of rotatable bonds is 5. The number of H-pyrrole nitrogens is 1. The molecule has 0 fully saturated rings. The van der Waals surface area contributed by atoms with Crippen LogP contribution in [0.25, 0.3) is 0 Å². The van der Waals surface area contributed by atoms with Crippen LogP contribution in [0.2, 0.25) is 0 Å². The molecule has 2 N–H and O–H groups in total. The summed E-state index contributed by atoms with van der Waals surface area (Å²) >= 11 is 0. The van der Waals surface area contributed by atoms with Crippen LogP contribution in [-0.2, 0) is 0 Å². The monoisotopic (exact) mass is 215 g/mol. The zero-order valence-electron chi connectivity index (χ0n) is 9.48. The van der Waals surface area contributed by atoms with E-state index in [2.05, 4.69) is 52.8 Å². The van der Waals surface area contributed by atoms with Crippen molar-refractivity contribution >= 4 is 5.69 Å². The molecule has 2 rings (SSSR count). The first-order valence-corrected chi connectivity index (χ1v) is 5.64. The third kappa shape index (κ3) is 2.86. The van der Waals surface area contributed by atoms with Crippen LogP contribution in [0.1, 0.15) is 24.8 Å². The van der Waals surface area contributed by atoms with Gasteiger partial charge >= 0.3 is 0 Å². The first-order valence-electron chi connectivity index (χ1n) is 5.64. The topological polar surface area (TPSA) is 40.7 Å². The molecule has 84 valence electrons. The molecule has 0 amide bonds. The third-order valence-electron chi connectivity index (χ3n) is 2.77. The fourth-order valence-electron chi connectivity index (χ4n) is 1.73. The number of nitrogens with zero attached hydrogens (tertiary/aromatic N) is 1. The molecule has 0 aliphatic rings. The van der Waals surface area contributed by atoms with Gasteiger partial charge in [0.2, 0.25) is 0 Å². The number of hydrogen-bond donors (Lipinski definition) is 2. The van der Waals surface area contributed by atoms with Crippen molar-refractivity contribution in [1.82, 2.24) is 10.2 Å². The van der Waals surface area contributed by atoms with Gasteiger partial charge in [-0.05, 0) is 17.9 Å². The van der Waals surface area contributed by atoms with E-state index in [9.17, 15) is 0 Å². The Morgan fingerprint density at radius 3 is 2.81 bits per heavy atom. The fourth-order valence-corrected chi connectivity index (χ4v) is 1.73. The average Bonchev–Trinajstić information content (AvgIpc) is 2.83. The first-order chi connectivity index (χ1) is 7.86. The molecular weight excluding hydrogens is 198 g/mol. The highest BCUT2D eigenvalue weighted by molar-refractivity contribution is 5.37. The Hall–Kier alpha value is -1.77. The maximum atomic E-state index is 3.89. The van der Waals surface area contributed by atoms with E-state index in [0.29, 0.717) is 5.92 Å². The summed E-state index contributed by atoms with van der Waals surface area (Å²) in [6.45, 7) is 3.22. The van der Waals surface area contributed by atoms with E-state index in [1.807, 2.05) is 6.20 Å². The van der Waals surface area contributed by atoms with Gasteiger partial charge in [0, 0.05) is 12.7 Å². The second-order valence-corrected chi connectivity index (χ2v) is 4.01. The summed E-state index contributed by atoms with van der Waals surface area (Å²) < 4.78 is 0. The zero-order chi connectivity index (χ0) is 11.2. The molecule has 1 aromatic carbocycles. The van der Waals surface area contributed by atoms with Crippen LogP contribution in [0.5, 0.6) is 0 Å². The van der Waals surface area contributed by atoms with Gasteiger partial charge in [-0.1, -0.05) is 37.3 Å². The van der Waals surface area contributed by atoms with Gasteiger partial charge in [-0.25, -0.2) is 0 Å². The van der Waals surface area contributed by atoms with Crippen molar-refractivity contribution in [2.75, 3.05) is 11.9 Å². The molecule has 2 aromatic rings. The van der Waals surface area contributed by atoms with E-state index in [1.165, 1.54) is 5.56 Å². The first kappa shape index (κ1) is 10.7. The number of anilines is 1. The van der Waals surface area contributed by atoms with Crippen molar-refractivity contribution < 1.29 is 0 Å². The summed E-state index contributed by atoms with van der Waals surface area (Å²) in [6, 6.07) is 10.6. The Kier molecular flexibility index (Phi) is 3.59. The van der Waals surface area contributed by atoms with E-state index in [1.54, 1.807) is 6.20 Å². The summed E-state index contributed by atoms with van der Waals surface area (Å²) in [6.07, 6.45) is 4.79. The molecule has 0 radical (unpaired) electrons. The molecule has 0 aliphatic heterocycles. The summed E-state index contributed by atoms with van der Waals surface area (Å²) in [4.78, 5) is 0. The van der Waals surface area contributed by atoms with Crippen molar-refractivity contribution in [3.8, 4) is 0 Å². The molecule has 0 bridgehead atoms. The molecule has 3 nitrogen and oxygen atoms in total. The number of nitrogens with one attached hydrogen (secondary N) is 2. The number of aromatic amines is 1. The van der Waals surface area contributed by atoms with E-state index in [4.69, 9.17) is 0 Å². The van der Waals surface area contributed by atoms with Gasteiger partial charge in [0.1, 0.15) is 0 Å². The molecule has 3 heteroatoms. The Labute approximate surface area is 95.9 Å². The van der Waals surface area contributed by atoms with Crippen LogP contribution in [0, 0.1) is 0 Å². The molecule has 0 saturated carbocycles. The molecule has 0 saturated heterocycles. The molecule has 16 heavy (non-hydrogen) atoms. The van der Waals surface area contributed by atoms with Crippen LogP contribution in [0.15, 0.2) is 42.7 Å². The van der Waals surface area contributed by atoms with Crippen LogP contribution < -0.4 is 5.32 Å². The molecule has 1 heterocycles. The minimum absolute atomic E-state index is 0.584. The molecular formula is C13H17N3. The predicted molar refractivity (Wildman–Crippen MR) is 66.6 cm³/mol. The summed E-state index contributed by atoms with van der Waals surface area (Å²) in [5, 5.41) is 10.0. The second kappa shape index (κ2) is 5.35. The quantitative estimate of drug-likeness (QED) is 0.805. The smallest absolute Gasteiger partial charge is 0.0723 e. The van der Waals surface area contributed by atoms with E-state index in [0.717, 1.165) is 18.7 Å². The highest BCUT2D eigenvalue weighted by atomic mass is 15.1. The lowest BCUT2D eigenvalue weighted by atomic mass is 9.98. The summed E-state index contributed by atoms with van der Waals surface area (Å²) in [5.74, 6) is 0.584. The van der Waals surface area contributed by atoms with Gasteiger partial charge in [0.25, 0.3) is 0 Å². The van der Waals surface area contributed by atoms with E-state index >= 15 is 0 Å². The lowest BCUT2D eigenvalue weighted by Crippen LogP contribution is -2.05. The van der Waals surface area contributed by atoms with Crippen LogP contribution in [0.3, 0.4) is 0 Å². The molecule has 1 unspecified atom stereocenters. The number of benzene rings is 1. The highest BCUT2D eigenvalue weighted by Gasteiger charge is 2.04. The van der Waals surface area contributed by atoms with Crippen molar-refractivity contribution in [3.63, 3.8) is 0 Å². The zero-order valence-corrected chi connectivity index (χ0v) is 9.48. The van der Waals surface area contributed by atoms with Crippen molar-refractivity contribution in [3.05, 3.63) is 48.3 Å². The van der Waals surface area contributed by atoms with E-state index < -0.39 is 0 Å². The van der Waals surface area contributed by atoms with Gasteiger partial charge in [-0.15, -0.1) is 0 Å². The minimum Gasteiger partial charge on any atom is -0.382 e. The van der Waals surface area contributed by atoms with Gasteiger partial charge in [-0.2, -0.15) is 5.10 Å². The van der Waals surface area contributed by atoms with Gasteiger partial charge in [0.15, 0.2) is 0 Å². The van der Waals surface area contributed by atoms with E-state index in [-0.39, 0.29) is 0 Å². The second-order valence-electron chi connectivity index (χ2n) is 4.01. The molecule has 0 spiro atoms. The lowest BCUT2D eigenvalue weighted by Gasteiger charge is -2.12. The maximum absolute atomic E-state index is 3.89. The Morgan fingerprint density at radius 2 is 2.12 bits per heavy atom. The van der Waals surface area contributed by atoms with Crippen molar-refractivity contribution in [1.29, 1.82) is 0 Å². The lowest BCUT2D eigenvalue weighted by molar-refractivity contribution is 0.706. The molecule has 1 aromatic heterocycles. The van der Waals surface area contributed by atoms with Crippen molar-refractivity contribution in [2.24, 2.45) is 0 Å². The Morgan fingerprint density at radius 1 is 1.31 bits per heavy atom. The third-order valence-corrected chi connectivity index (χ3v) is 2.77. The number of hydrogen-bond acceptors (Lipinski definition) is 2. The Bertz CT molecular complexity index is 394.